The topological polar surface area (TPSA) is 61.8 Å². The van der Waals surface area contributed by atoms with Crippen molar-refractivity contribution in [1.82, 2.24) is 10.2 Å². The first-order chi connectivity index (χ1) is 9.88. The van der Waals surface area contributed by atoms with Gasteiger partial charge in [0.15, 0.2) is 15.8 Å². The van der Waals surface area contributed by atoms with Gasteiger partial charge in [0.25, 0.3) is 0 Å². The number of sulfone groups is 1. The molecule has 0 aliphatic carbocycles. The third kappa shape index (κ3) is 7.39. The Hall–Kier alpha value is -0.900. The monoisotopic (exact) mass is 443 g/mol. The third-order valence-corrected chi connectivity index (χ3v) is 4.75. The van der Waals surface area contributed by atoms with Crippen LogP contribution in [0.4, 0.5) is 4.39 Å². The molecule has 1 rings (SSSR count). The summed E-state index contributed by atoms with van der Waals surface area (Å²) < 4.78 is 35.7. The molecule has 126 valence electrons. The number of rotatable bonds is 6. The molecule has 0 aliphatic heterocycles. The van der Waals surface area contributed by atoms with Crippen LogP contribution in [0.1, 0.15) is 12.5 Å². The van der Waals surface area contributed by atoms with E-state index in [0.29, 0.717) is 19.0 Å². The van der Waals surface area contributed by atoms with Gasteiger partial charge in [-0.25, -0.2) is 12.8 Å². The molecule has 0 unspecified atom stereocenters. The molecule has 1 N–H and O–H groups in total. The van der Waals surface area contributed by atoms with Crippen molar-refractivity contribution >= 4 is 39.8 Å². The standard InChI is InChI=1S/C14H22FN3O2S.HI/c1-4-21(19,20)10-9-17-14(16-2)18(3)11-12-5-7-13(15)8-6-12;/h5-8H,4,9-11H2,1-3H3,(H,16,17);1H. The van der Waals surface area contributed by atoms with Crippen LogP contribution in [0, 0.1) is 5.82 Å². The lowest BCUT2D eigenvalue weighted by molar-refractivity contribution is 0.478. The molecule has 0 aromatic heterocycles. The van der Waals surface area contributed by atoms with Gasteiger partial charge in [0.2, 0.25) is 0 Å². The minimum absolute atomic E-state index is 0. The zero-order valence-electron chi connectivity index (χ0n) is 13.0. The van der Waals surface area contributed by atoms with Gasteiger partial charge in [0.1, 0.15) is 5.82 Å². The zero-order chi connectivity index (χ0) is 15.9. The molecule has 22 heavy (non-hydrogen) atoms. The third-order valence-electron chi connectivity index (χ3n) is 3.04. The highest BCUT2D eigenvalue weighted by atomic mass is 127. The van der Waals surface area contributed by atoms with Crippen LogP contribution < -0.4 is 5.32 Å². The summed E-state index contributed by atoms with van der Waals surface area (Å²) in [7, 11) is 0.487. The van der Waals surface area contributed by atoms with Crippen LogP contribution in [0.3, 0.4) is 0 Å². The molecule has 0 aliphatic rings. The second-order valence-electron chi connectivity index (χ2n) is 4.69. The molecular formula is C14H23FIN3O2S. The van der Waals surface area contributed by atoms with Crippen molar-refractivity contribution in [3.8, 4) is 0 Å². The SMILES string of the molecule is CCS(=O)(=O)CCNC(=NC)N(C)Cc1ccc(F)cc1.I. The predicted octanol–water partition coefficient (Wildman–Crippen LogP) is 1.89. The number of nitrogens with one attached hydrogen (secondary N) is 1. The molecule has 5 nitrogen and oxygen atoms in total. The van der Waals surface area contributed by atoms with Gasteiger partial charge in [-0.05, 0) is 17.7 Å². The van der Waals surface area contributed by atoms with Gasteiger partial charge in [-0.15, -0.1) is 24.0 Å². The highest BCUT2D eigenvalue weighted by Gasteiger charge is 2.10. The molecule has 0 atom stereocenters. The fourth-order valence-corrected chi connectivity index (χ4v) is 2.49. The average molecular weight is 443 g/mol. The van der Waals surface area contributed by atoms with Gasteiger partial charge in [0, 0.05) is 32.9 Å². The van der Waals surface area contributed by atoms with Gasteiger partial charge in [-0.3, -0.25) is 4.99 Å². The summed E-state index contributed by atoms with van der Waals surface area (Å²) in [5, 5.41) is 3.01. The number of hydrogen-bond acceptors (Lipinski definition) is 3. The Balaban J connectivity index is 0.00000441. The number of aliphatic imine (C=N–C) groups is 1. The van der Waals surface area contributed by atoms with E-state index in [1.165, 1.54) is 12.1 Å². The number of guanidine groups is 1. The average Bonchev–Trinajstić information content (AvgIpc) is 2.46. The maximum atomic E-state index is 12.9. The first kappa shape index (κ1) is 21.1. The van der Waals surface area contributed by atoms with Crippen molar-refractivity contribution in [3.63, 3.8) is 0 Å². The van der Waals surface area contributed by atoms with E-state index in [2.05, 4.69) is 10.3 Å². The number of benzene rings is 1. The van der Waals surface area contributed by atoms with Gasteiger partial charge in [-0.1, -0.05) is 19.1 Å². The summed E-state index contributed by atoms with van der Waals surface area (Å²) in [6.45, 7) is 2.50. The smallest absolute Gasteiger partial charge is 0.193 e. The number of halogens is 2. The first-order valence-electron chi connectivity index (χ1n) is 6.74. The Kier molecular flexibility index (Phi) is 9.58. The van der Waals surface area contributed by atoms with Gasteiger partial charge in [-0.2, -0.15) is 0 Å². The largest absolute Gasteiger partial charge is 0.355 e. The van der Waals surface area contributed by atoms with E-state index >= 15 is 0 Å². The molecule has 0 spiro atoms. The van der Waals surface area contributed by atoms with Crippen LogP contribution in [-0.2, 0) is 16.4 Å². The van der Waals surface area contributed by atoms with Crippen molar-refractivity contribution in [1.29, 1.82) is 0 Å². The van der Waals surface area contributed by atoms with Crippen molar-refractivity contribution in [2.75, 3.05) is 32.1 Å². The molecule has 0 fully saturated rings. The Bertz CT molecular complexity index is 576. The predicted molar refractivity (Wildman–Crippen MR) is 99.0 cm³/mol. The molecule has 1 aromatic carbocycles. The van der Waals surface area contributed by atoms with Crippen LogP contribution in [0.2, 0.25) is 0 Å². The van der Waals surface area contributed by atoms with Crippen LogP contribution in [0.5, 0.6) is 0 Å². The van der Waals surface area contributed by atoms with Gasteiger partial charge < -0.3 is 10.2 Å². The highest BCUT2D eigenvalue weighted by Crippen LogP contribution is 2.05. The van der Waals surface area contributed by atoms with Crippen molar-refractivity contribution < 1.29 is 12.8 Å². The fraction of sp³-hybridized carbons (Fsp3) is 0.500. The summed E-state index contributed by atoms with van der Waals surface area (Å²) >= 11 is 0. The minimum Gasteiger partial charge on any atom is -0.355 e. The molecule has 0 saturated heterocycles. The van der Waals surface area contributed by atoms with E-state index in [-0.39, 0.29) is 41.3 Å². The summed E-state index contributed by atoms with van der Waals surface area (Å²) in [5.74, 6) is 0.547. The zero-order valence-corrected chi connectivity index (χ0v) is 16.2. The fourth-order valence-electron chi connectivity index (χ4n) is 1.79. The van der Waals surface area contributed by atoms with E-state index in [1.807, 2.05) is 11.9 Å². The van der Waals surface area contributed by atoms with E-state index in [4.69, 9.17) is 0 Å². The second kappa shape index (κ2) is 9.98. The van der Waals surface area contributed by atoms with Crippen LogP contribution in [-0.4, -0.2) is 51.4 Å². The summed E-state index contributed by atoms with van der Waals surface area (Å²) in [6.07, 6.45) is 0. The quantitative estimate of drug-likeness (QED) is 0.415. The van der Waals surface area contributed by atoms with Gasteiger partial charge >= 0.3 is 0 Å². The molecule has 0 saturated carbocycles. The Morgan fingerprint density at radius 2 is 1.91 bits per heavy atom. The normalized spacial score (nSPS) is 11.7. The lowest BCUT2D eigenvalue weighted by Gasteiger charge is -2.22. The summed E-state index contributed by atoms with van der Waals surface area (Å²) in [4.78, 5) is 5.96. The molecule has 0 bridgehead atoms. The van der Waals surface area contributed by atoms with E-state index in [0.717, 1.165) is 5.56 Å². The molecule has 0 heterocycles. The van der Waals surface area contributed by atoms with E-state index < -0.39 is 9.84 Å². The highest BCUT2D eigenvalue weighted by molar-refractivity contribution is 14.0. The minimum atomic E-state index is -2.99. The molecule has 1 aromatic rings. The Labute approximate surface area is 148 Å². The number of hydrogen-bond donors (Lipinski definition) is 1. The van der Waals surface area contributed by atoms with Crippen molar-refractivity contribution in [3.05, 3.63) is 35.6 Å². The van der Waals surface area contributed by atoms with Gasteiger partial charge in [0.05, 0.1) is 5.75 Å². The maximum absolute atomic E-state index is 12.9. The van der Waals surface area contributed by atoms with Crippen LogP contribution in [0.25, 0.3) is 0 Å². The molecule has 8 heteroatoms. The van der Waals surface area contributed by atoms with Crippen molar-refractivity contribution in [2.24, 2.45) is 4.99 Å². The van der Waals surface area contributed by atoms with Crippen LogP contribution >= 0.6 is 24.0 Å². The lowest BCUT2D eigenvalue weighted by atomic mass is 10.2. The maximum Gasteiger partial charge on any atom is 0.193 e. The first-order valence-corrected chi connectivity index (χ1v) is 8.56. The molecular weight excluding hydrogens is 420 g/mol. The van der Waals surface area contributed by atoms with E-state index in [9.17, 15) is 12.8 Å². The molecule has 0 radical (unpaired) electrons. The van der Waals surface area contributed by atoms with Crippen molar-refractivity contribution in [2.45, 2.75) is 13.5 Å². The van der Waals surface area contributed by atoms with Crippen LogP contribution in [0.15, 0.2) is 29.3 Å². The van der Waals surface area contributed by atoms with E-state index in [1.54, 1.807) is 26.1 Å². The molecule has 0 amide bonds. The second-order valence-corrected chi connectivity index (χ2v) is 7.17. The Morgan fingerprint density at radius 3 is 2.41 bits per heavy atom. The summed E-state index contributed by atoms with van der Waals surface area (Å²) in [5.41, 5.74) is 0.947. The lowest BCUT2D eigenvalue weighted by Crippen LogP contribution is -2.40. The number of nitrogens with zero attached hydrogens (tertiary/aromatic N) is 2. The Morgan fingerprint density at radius 1 is 1.32 bits per heavy atom. The summed E-state index contributed by atoms with van der Waals surface area (Å²) in [6, 6.07) is 6.24.